The van der Waals surface area contributed by atoms with Gasteiger partial charge in [0.2, 0.25) is 5.28 Å². The van der Waals surface area contributed by atoms with E-state index in [1.54, 1.807) is 11.9 Å². The van der Waals surface area contributed by atoms with E-state index in [1.807, 2.05) is 0 Å². The summed E-state index contributed by atoms with van der Waals surface area (Å²) in [5, 5.41) is 24.6. The van der Waals surface area contributed by atoms with E-state index in [4.69, 9.17) is 19.7 Å². The number of nitrogens with zero attached hydrogens (tertiary/aromatic N) is 3. The first kappa shape index (κ1) is 11.6. The molecule has 0 aromatic heterocycles. The summed E-state index contributed by atoms with van der Waals surface area (Å²) < 4.78 is 10.1. The largest absolute Gasteiger partial charge is 0.609 e. The monoisotopic (exact) mass is 242 g/mol. The van der Waals surface area contributed by atoms with Crippen molar-refractivity contribution >= 4 is 5.90 Å². The summed E-state index contributed by atoms with van der Waals surface area (Å²) in [5.41, 5.74) is 0.00810. The van der Waals surface area contributed by atoms with Crippen molar-refractivity contribution in [1.82, 2.24) is 5.01 Å². The lowest BCUT2D eigenvalue weighted by Crippen LogP contribution is -2.43. The maximum absolute atomic E-state index is 11.7. The second-order valence-electron chi connectivity index (χ2n) is 3.43. The van der Waals surface area contributed by atoms with Crippen molar-refractivity contribution in [2.24, 2.45) is 5.28 Å². The molecule has 0 aliphatic carbocycles. The van der Waals surface area contributed by atoms with Gasteiger partial charge in [0.25, 0.3) is 0 Å². The molecule has 94 valence electrons. The van der Waals surface area contributed by atoms with E-state index in [2.05, 4.69) is 5.28 Å². The summed E-state index contributed by atoms with van der Waals surface area (Å²) in [6, 6.07) is 0. The highest BCUT2D eigenvalue weighted by molar-refractivity contribution is 5.88. The van der Waals surface area contributed by atoms with Crippen LogP contribution in [0.3, 0.4) is 0 Å². The number of hydrogen-bond acceptors (Lipinski definition) is 7. The van der Waals surface area contributed by atoms with E-state index >= 15 is 0 Å². The van der Waals surface area contributed by atoms with Gasteiger partial charge in [0.05, 0.1) is 31.1 Å². The molecular formula is C9H14N4O4. The summed E-state index contributed by atoms with van der Waals surface area (Å²) in [6.45, 7) is 4.22. The lowest BCUT2D eigenvalue weighted by molar-refractivity contribution is -0.712. The third-order valence-electron chi connectivity index (χ3n) is 2.35. The van der Waals surface area contributed by atoms with Gasteiger partial charge in [0.15, 0.2) is 0 Å². The van der Waals surface area contributed by atoms with E-state index in [0.717, 1.165) is 0 Å². The maximum atomic E-state index is 11.7. The van der Waals surface area contributed by atoms with Crippen LogP contribution in [0.15, 0.2) is 16.9 Å². The first-order valence-corrected chi connectivity index (χ1v) is 5.37. The Bertz CT molecular complexity index is 373. The van der Waals surface area contributed by atoms with Crippen LogP contribution < -0.4 is 5.11 Å². The molecule has 2 heterocycles. The molecule has 0 aromatic carbocycles. The zero-order valence-electron chi connectivity index (χ0n) is 9.51. The van der Waals surface area contributed by atoms with Gasteiger partial charge < -0.3 is 14.6 Å². The van der Waals surface area contributed by atoms with E-state index in [9.17, 15) is 5.11 Å². The number of hydrazine groups is 1. The Balaban J connectivity index is 2.20. The van der Waals surface area contributed by atoms with Crippen molar-refractivity contribution in [1.29, 1.82) is 5.41 Å². The predicted octanol–water partition coefficient (Wildman–Crippen LogP) is -0.813. The van der Waals surface area contributed by atoms with E-state index < -0.39 is 5.95 Å². The van der Waals surface area contributed by atoms with Gasteiger partial charge in [0.1, 0.15) is 5.95 Å². The van der Waals surface area contributed by atoms with Crippen LogP contribution in [0.5, 0.6) is 0 Å². The molecule has 2 aliphatic heterocycles. The molecule has 2 rings (SSSR count). The summed E-state index contributed by atoms with van der Waals surface area (Å²) in [7, 11) is 0. The molecular weight excluding hydrogens is 228 g/mol. The highest BCUT2D eigenvalue weighted by Crippen LogP contribution is 2.17. The van der Waals surface area contributed by atoms with Gasteiger partial charge in [-0.3, -0.25) is 10.2 Å². The van der Waals surface area contributed by atoms with Crippen LogP contribution >= 0.6 is 0 Å². The SMILES string of the molecule is CCO/C([O-])=C1\C(=N)ON=[N+]1N1CCOCC1. The Morgan fingerprint density at radius 1 is 1.59 bits per heavy atom. The minimum absolute atomic E-state index is 0.00810. The number of rotatable bonds is 3. The highest BCUT2D eigenvalue weighted by Gasteiger charge is 2.39. The van der Waals surface area contributed by atoms with Crippen molar-refractivity contribution in [3.8, 4) is 0 Å². The van der Waals surface area contributed by atoms with Gasteiger partial charge in [-0.25, -0.2) is 0 Å². The molecule has 0 spiro atoms. The molecule has 1 fully saturated rings. The molecule has 0 unspecified atom stereocenters. The van der Waals surface area contributed by atoms with Crippen LogP contribution in [0.25, 0.3) is 0 Å². The van der Waals surface area contributed by atoms with Crippen LogP contribution in [-0.4, -0.2) is 48.6 Å². The average Bonchev–Trinajstić information content (AvgIpc) is 2.73. The van der Waals surface area contributed by atoms with Crippen molar-refractivity contribution in [2.75, 3.05) is 32.9 Å². The van der Waals surface area contributed by atoms with Gasteiger partial charge in [0, 0.05) is 0 Å². The molecule has 8 heteroatoms. The zero-order chi connectivity index (χ0) is 12.3. The van der Waals surface area contributed by atoms with Crippen molar-refractivity contribution in [2.45, 2.75) is 6.92 Å². The third kappa shape index (κ3) is 2.31. The van der Waals surface area contributed by atoms with Gasteiger partial charge in [-0.1, -0.05) is 6.92 Å². The van der Waals surface area contributed by atoms with E-state index in [-0.39, 0.29) is 18.2 Å². The Labute approximate surface area is 98.1 Å². The Morgan fingerprint density at radius 2 is 2.29 bits per heavy atom. The number of nitrogens with one attached hydrogen (secondary N) is 1. The third-order valence-corrected chi connectivity index (χ3v) is 2.35. The molecule has 0 aromatic rings. The Kier molecular flexibility index (Phi) is 3.43. The quantitative estimate of drug-likeness (QED) is 0.516. The van der Waals surface area contributed by atoms with Crippen LogP contribution in [0.2, 0.25) is 0 Å². The van der Waals surface area contributed by atoms with Gasteiger partial charge >= 0.3 is 11.6 Å². The lowest BCUT2D eigenvalue weighted by atomic mass is 10.4. The highest BCUT2D eigenvalue weighted by atomic mass is 16.7. The second kappa shape index (κ2) is 5.00. The number of ether oxygens (including phenoxy) is 2. The van der Waals surface area contributed by atoms with E-state index in [1.165, 1.54) is 4.81 Å². The topological polar surface area (TPSA) is 93.2 Å². The summed E-state index contributed by atoms with van der Waals surface area (Å²) in [6.07, 6.45) is 0. The fourth-order valence-electron chi connectivity index (χ4n) is 1.56. The maximum Gasteiger partial charge on any atom is 0.354 e. The predicted molar refractivity (Wildman–Crippen MR) is 52.5 cm³/mol. The molecule has 17 heavy (non-hydrogen) atoms. The summed E-state index contributed by atoms with van der Waals surface area (Å²) in [4.78, 5) is 5.99. The smallest absolute Gasteiger partial charge is 0.354 e. The van der Waals surface area contributed by atoms with Crippen molar-refractivity contribution in [3.05, 3.63) is 11.6 Å². The van der Waals surface area contributed by atoms with Crippen LogP contribution in [0.4, 0.5) is 0 Å². The molecule has 2 aliphatic rings. The normalized spacial score (nSPS) is 23.2. The Morgan fingerprint density at radius 3 is 2.94 bits per heavy atom. The molecule has 1 N–H and O–H groups in total. The Hall–Kier alpha value is -1.83. The van der Waals surface area contributed by atoms with Gasteiger partial charge in [-0.05, 0) is 6.61 Å². The molecule has 0 amide bonds. The zero-order valence-corrected chi connectivity index (χ0v) is 9.51. The standard InChI is InChI=1S/C9H14N4O4/c1-2-16-9(14)7-8(10)17-11-13(7)12-3-5-15-6-4-12/h2-6H2,1H3,(H-,10,11,14). The number of hydrogen-bond donors (Lipinski definition) is 1. The van der Waals surface area contributed by atoms with Crippen LogP contribution in [0.1, 0.15) is 6.92 Å². The van der Waals surface area contributed by atoms with E-state index in [0.29, 0.717) is 26.3 Å². The minimum Gasteiger partial charge on any atom is -0.609 e. The van der Waals surface area contributed by atoms with Crippen molar-refractivity contribution in [3.63, 3.8) is 0 Å². The molecule has 0 bridgehead atoms. The van der Waals surface area contributed by atoms with Crippen LogP contribution in [-0.2, 0) is 14.3 Å². The van der Waals surface area contributed by atoms with Crippen LogP contribution in [0, 0.1) is 5.41 Å². The number of morpholine rings is 1. The molecule has 0 saturated carbocycles. The molecule has 8 nitrogen and oxygen atoms in total. The molecule has 1 saturated heterocycles. The summed E-state index contributed by atoms with van der Waals surface area (Å²) in [5.74, 6) is -0.903. The van der Waals surface area contributed by atoms with Crippen molar-refractivity contribution < 1.29 is 24.2 Å². The first-order valence-electron chi connectivity index (χ1n) is 5.37. The fraction of sp³-hybridized carbons (Fsp3) is 0.667. The summed E-state index contributed by atoms with van der Waals surface area (Å²) >= 11 is 0. The molecule has 0 radical (unpaired) electrons. The lowest BCUT2D eigenvalue weighted by Gasteiger charge is -2.21. The average molecular weight is 242 g/mol. The van der Waals surface area contributed by atoms with Gasteiger partial charge in [-0.2, -0.15) is 0 Å². The fourth-order valence-corrected chi connectivity index (χ4v) is 1.56. The second-order valence-corrected chi connectivity index (χ2v) is 3.43. The minimum atomic E-state index is -0.606. The molecule has 0 atom stereocenters. The first-order chi connectivity index (χ1) is 8.24. The van der Waals surface area contributed by atoms with Gasteiger partial charge in [-0.15, -0.1) is 5.01 Å².